The maximum atomic E-state index is 12.5. The van der Waals surface area contributed by atoms with Gasteiger partial charge in [0.1, 0.15) is 0 Å². The Morgan fingerprint density at radius 1 is 1.11 bits per heavy atom. The molecule has 0 radical (unpaired) electrons. The molecule has 0 aromatic carbocycles. The van der Waals surface area contributed by atoms with Crippen molar-refractivity contribution in [2.45, 2.75) is 64.0 Å². The van der Waals surface area contributed by atoms with Gasteiger partial charge in [-0.2, -0.15) is 0 Å². The molecule has 0 bridgehead atoms. The minimum atomic E-state index is -3.11. The van der Waals surface area contributed by atoms with Gasteiger partial charge in [0, 0.05) is 19.1 Å². The largest absolute Gasteiger partial charge is 0.313 e. The van der Waals surface area contributed by atoms with Gasteiger partial charge in [-0.1, -0.05) is 13.3 Å². The van der Waals surface area contributed by atoms with Crippen LogP contribution in [0, 0.1) is 5.92 Å². The van der Waals surface area contributed by atoms with E-state index in [1.165, 1.54) is 6.42 Å². The second kappa shape index (κ2) is 6.55. The zero-order valence-corrected chi connectivity index (χ0v) is 13.1. The topological polar surface area (TPSA) is 49.4 Å². The van der Waals surface area contributed by atoms with E-state index in [9.17, 15) is 8.42 Å². The van der Waals surface area contributed by atoms with Gasteiger partial charge >= 0.3 is 0 Å². The highest BCUT2D eigenvalue weighted by Gasteiger charge is 2.31. The van der Waals surface area contributed by atoms with Crippen LogP contribution in [0.3, 0.4) is 0 Å². The van der Waals surface area contributed by atoms with E-state index in [4.69, 9.17) is 0 Å². The van der Waals surface area contributed by atoms with Crippen molar-refractivity contribution in [3.63, 3.8) is 0 Å². The molecule has 1 aliphatic carbocycles. The smallest absolute Gasteiger partial charge is 0.215 e. The Kier molecular flexibility index (Phi) is 5.26. The van der Waals surface area contributed by atoms with Crippen molar-refractivity contribution in [3.8, 4) is 0 Å². The average molecular weight is 288 g/mol. The lowest BCUT2D eigenvalue weighted by molar-refractivity contribution is 0.245. The first-order valence-electron chi connectivity index (χ1n) is 7.68. The molecule has 0 aromatic heterocycles. The Bertz CT molecular complexity index is 369. The molecule has 1 unspecified atom stereocenters. The Hall–Kier alpha value is -0.130. The third-order valence-electron chi connectivity index (χ3n) is 4.76. The van der Waals surface area contributed by atoms with E-state index in [1.54, 1.807) is 11.4 Å². The first-order chi connectivity index (χ1) is 8.99. The number of hydrogen-bond donors (Lipinski definition) is 1. The van der Waals surface area contributed by atoms with Gasteiger partial charge in [0.25, 0.3) is 0 Å². The fourth-order valence-electron chi connectivity index (χ4n) is 3.27. The Morgan fingerprint density at radius 3 is 2.37 bits per heavy atom. The third kappa shape index (κ3) is 4.17. The molecule has 112 valence electrons. The molecular formula is C14H28N2O2S. The maximum absolute atomic E-state index is 12.5. The van der Waals surface area contributed by atoms with E-state index in [2.05, 4.69) is 12.2 Å². The standard InChI is InChI=1S/C14H28N2O2S/c1-12-6-8-14(9-7-12)16(2)19(17,18)11-13-5-3-4-10-15-13/h12-15H,3-11H2,1-2H3. The fraction of sp³-hybridized carbons (Fsp3) is 1.00. The summed E-state index contributed by atoms with van der Waals surface area (Å²) in [7, 11) is -1.33. The highest BCUT2D eigenvalue weighted by atomic mass is 32.2. The average Bonchev–Trinajstić information content (AvgIpc) is 2.39. The van der Waals surface area contributed by atoms with Crippen LogP contribution in [-0.2, 0) is 10.0 Å². The quantitative estimate of drug-likeness (QED) is 0.860. The number of piperidine rings is 1. The molecule has 1 saturated heterocycles. The summed E-state index contributed by atoms with van der Waals surface area (Å²) in [5.41, 5.74) is 0. The van der Waals surface area contributed by atoms with Crippen molar-refractivity contribution in [2.75, 3.05) is 19.3 Å². The molecule has 1 atom stereocenters. The molecule has 0 spiro atoms. The van der Waals surface area contributed by atoms with Crippen molar-refractivity contribution >= 4 is 10.0 Å². The predicted molar refractivity (Wildman–Crippen MR) is 78.6 cm³/mol. The third-order valence-corrected chi connectivity index (χ3v) is 6.76. The summed E-state index contributed by atoms with van der Waals surface area (Å²) in [6.45, 7) is 3.22. The summed E-state index contributed by atoms with van der Waals surface area (Å²) in [4.78, 5) is 0. The van der Waals surface area contributed by atoms with Crippen LogP contribution in [0.2, 0.25) is 0 Å². The van der Waals surface area contributed by atoms with Gasteiger partial charge in [0.05, 0.1) is 5.75 Å². The Labute approximate surface area is 118 Å². The van der Waals surface area contributed by atoms with Crippen LogP contribution < -0.4 is 5.32 Å². The summed E-state index contributed by atoms with van der Waals surface area (Å²) < 4.78 is 26.6. The highest BCUT2D eigenvalue weighted by molar-refractivity contribution is 7.89. The number of hydrogen-bond acceptors (Lipinski definition) is 3. The van der Waals surface area contributed by atoms with Gasteiger partial charge in [-0.3, -0.25) is 0 Å². The van der Waals surface area contributed by atoms with Crippen LogP contribution in [-0.4, -0.2) is 44.2 Å². The van der Waals surface area contributed by atoms with Crippen LogP contribution in [0.1, 0.15) is 51.9 Å². The number of rotatable bonds is 4. The van der Waals surface area contributed by atoms with Crippen molar-refractivity contribution in [1.29, 1.82) is 0 Å². The minimum Gasteiger partial charge on any atom is -0.313 e. The fourth-order valence-corrected chi connectivity index (χ4v) is 4.96. The molecule has 0 amide bonds. The molecule has 0 aromatic rings. The first-order valence-corrected chi connectivity index (χ1v) is 9.29. The second-order valence-electron chi connectivity index (χ2n) is 6.36. The maximum Gasteiger partial charge on any atom is 0.215 e. The van der Waals surface area contributed by atoms with Crippen LogP contribution in [0.4, 0.5) is 0 Å². The monoisotopic (exact) mass is 288 g/mol. The molecule has 1 saturated carbocycles. The van der Waals surface area contributed by atoms with E-state index in [0.29, 0.717) is 0 Å². The summed E-state index contributed by atoms with van der Waals surface area (Å²) in [5, 5.41) is 3.33. The van der Waals surface area contributed by atoms with E-state index in [0.717, 1.165) is 51.0 Å². The van der Waals surface area contributed by atoms with Gasteiger partial charge in [0.2, 0.25) is 10.0 Å². The van der Waals surface area contributed by atoms with Gasteiger partial charge in [-0.05, 0) is 51.0 Å². The molecule has 1 N–H and O–H groups in total. The molecular weight excluding hydrogens is 260 g/mol. The predicted octanol–water partition coefficient (Wildman–Crippen LogP) is 1.97. The molecule has 4 nitrogen and oxygen atoms in total. The number of nitrogens with one attached hydrogen (secondary N) is 1. The molecule has 2 rings (SSSR count). The van der Waals surface area contributed by atoms with E-state index < -0.39 is 10.0 Å². The van der Waals surface area contributed by atoms with Crippen LogP contribution in [0.25, 0.3) is 0 Å². The van der Waals surface area contributed by atoms with Crippen LogP contribution >= 0.6 is 0 Å². The highest BCUT2D eigenvalue weighted by Crippen LogP contribution is 2.28. The number of nitrogens with zero attached hydrogens (tertiary/aromatic N) is 1. The molecule has 2 aliphatic rings. The lowest BCUT2D eigenvalue weighted by atomic mass is 9.87. The van der Waals surface area contributed by atoms with Gasteiger partial charge in [-0.15, -0.1) is 0 Å². The first kappa shape index (κ1) is 15.3. The Morgan fingerprint density at radius 2 is 1.79 bits per heavy atom. The zero-order chi connectivity index (χ0) is 13.9. The summed E-state index contributed by atoms with van der Waals surface area (Å²) >= 11 is 0. The molecule has 2 fully saturated rings. The number of sulfonamides is 1. The zero-order valence-electron chi connectivity index (χ0n) is 12.3. The van der Waals surface area contributed by atoms with Gasteiger partial charge in [0.15, 0.2) is 0 Å². The van der Waals surface area contributed by atoms with Crippen LogP contribution in [0.5, 0.6) is 0 Å². The summed E-state index contributed by atoms with van der Waals surface area (Å²) in [6, 6.07) is 0.383. The van der Waals surface area contributed by atoms with Crippen molar-refractivity contribution in [2.24, 2.45) is 5.92 Å². The van der Waals surface area contributed by atoms with E-state index >= 15 is 0 Å². The SMILES string of the molecule is CC1CCC(N(C)S(=O)(=O)CC2CCCCN2)CC1. The molecule has 1 aliphatic heterocycles. The molecule has 19 heavy (non-hydrogen) atoms. The van der Waals surface area contributed by atoms with Crippen molar-refractivity contribution < 1.29 is 8.42 Å². The molecule has 5 heteroatoms. The lowest BCUT2D eigenvalue weighted by Crippen LogP contribution is -2.46. The van der Waals surface area contributed by atoms with Crippen molar-refractivity contribution in [3.05, 3.63) is 0 Å². The van der Waals surface area contributed by atoms with Crippen LogP contribution in [0.15, 0.2) is 0 Å². The summed E-state index contributed by atoms with van der Waals surface area (Å²) in [6.07, 6.45) is 7.68. The lowest BCUT2D eigenvalue weighted by Gasteiger charge is -2.34. The summed E-state index contributed by atoms with van der Waals surface area (Å²) in [5.74, 6) is 1.03. The van der Waals surface area contributed by atoms with E-state index in [-0.39, 0.29) is 17.8 Å². The van der Waals surface area contributed by atoms with Gasteiger partial charge < -0.3 is 5.32 Å². The van der Waals surface area contributed by atoms with Gasteiger partial charge in [-0.25, -0.2) is 12.7 Å². The van der Waals surface area contributed by atoms with Crippen molar-refractivity contribution in [1.82, 2.24) is 9.62 Å². The minimum absolute atomic E-state index is 0.156. The second-order valence-corrected chi connectivity index (χ2v) is 8.43. The van der Waals surface area contributed by atoms with E-state index in [1.807, 2.05) is 0 Å². The Balaban J connectivity index is 1.90. The molecule has 1 heterocycles. The normalized spacial score (nSPS) is 33.5.